The standard InChI is InChI=1S/C24H22O4/c1-2-7-19-9-4-6-11-22(19)27-16-17-28-23-14-12-18-8-3-5-10-20(18)21(23)13-15-24(25)26/h2-6,8-15H,1,7,16-17H2,(H,25,26). The van der Waals surface area contributed by atoms with Gasteiger partial charge in [0.15, 0.2) is 0 Å². The highest BCUT2D eigenvalue weighted by Crippen LogP contribution is 2.29. The van der Waals surface area contributed by atoms with Crippen LogP contribution in [0.4, 0.5) is 0 Å². The van der Waals surface area contributed by atoms with Gasteiger partial charge in [0.25, 0.3) is 0 Å². The third-order valence-electron chi connectivity index (χ3n) is 4.26. The summed E-state index contributed by atoms with van der Waals surface area (Å²) in [5, 5.41) is 11.0. The van der Waals surface area contributed by atoms with Crippen molar-refractivity contribution in [1.29, 1.82) is 0 Å². The molecule has 0 bridgehead atoms. The second kappa shape index (κ2) is 9.42. The number of rotatable bonds is 9. The van der Waals surface area contributed by atoms with Crippen molar-refractivity contribution in [3.05, 3.63) is 90.5 Å². The van der Waals surface area contributed by atoms with Gasteiger partial charge in [-0.25, -0.2) is 4.79 Å². The number of benzene rings is 3. The molecule has 0 aromatic heterocycles. The molecule has 0 amide bonds. The summed E-state index contributed by atoms with van der Waals surface area (Å²) in [5.41, 5.74) is 1.82. The summed E-state index contributed by atoms with van der Waals surface area (Å²) in [4.78, 5) is 11.0. The number of hydrogen-bond acceptors (Lipinski definition) is 3. The lowest BCUT2D eigenvalue weighted by molar-refractivity contribution is -0.131. The molecule has 4 heteroatoms. The summed E-state index contributed by atoms with van der Waals surface area (Å²) in [5.74, 6) is 0.440. The van der Waals surface area contributed by atoms with Crippen LogP contribution in [0.15, 0.2) is 79.4 Å². The van der Waals surface area contributed by atoms with E-state index in [0.717, 1.165) is 40.1 Å². The van der Waals surface area contributed by atoms with Gasteiger partial charge in [0.05, 0.1) is 0 Å². The Morgan fingerprint density at radius 3 is 2.43 bits per heavy atom. The molecular weight excluding hydrogens is 352 g/mol. The Labute approximate surface area is 164 Å². The number of carbonyl (C=O) groups is 1. The largest absolute Gasteiger partial charge is 0.490 e. The van der Waals surface area contributed by atoms with Crippen molar-refractivity contribution in [2.75, 3.05) is 13.2 Å². The predicted molar refractivity (Wildman–Crippen MR) is 112 cm³/mol. The number of ether oxygens (including phenoxy) is 2. The van der Waals surface area contributed by atoms with Crippen molar-refractivity contribution in [1.82, 2.24) is 0 Å². The summed E-state index contributed by atoms with van der Waals surface area (Å²) in [6.45, 7) is 4.49. The van der Waals surface area contributed by atoms with Crippen molar-refractivity contribution in [3.63, 3.8) is 0 Å². The van der Waals surface area contributed by atoms with E-state index in [1.165, 1.54) is 0 Å². The maximum atomic E-state index is 11.0. The summed E-state index contributed by atoms with van der Waals surface area (Å²) >= 11 is 0. The Bertz CT molecular complexity index is 1000. The first kappa shape index (κ1) is 19.2. The fraction of sp³-hybridized carbons (Fsp3) is 0.125. The van der Waals surface area contributed by atoms with Crippen LogP contribution in [0.3, 0.4) is 0 Å². The van der Waals surface area contributed by atoms with Crippen LogP contribution in [-0.2, 0) is 11.2 Å². The fourth-order valence-electron chi connectivity index (χ4n) is 3.00. The third-order valence-corrected chi connectivity index (χ3v) is 4.26. The van der Waals surface area contributed by atoms with Crippen LogP contribution in [0.2, 0.25) is 0 Å². The number of allylic oxidation sites excluding steroid dienone is 1. The summed E-state index contributed by atoms with van der Waals surface area (Å²) in [6.07, 6.45) is 5.28. The molecule has 3 aromatic rings. The normalized spacial score (nSPS) is 10.9. The molecule has 142 valence electrons. The first-order valence-corrected chi connectivity index (χ1v) is 9.06. The molecule has 3 rings (SSSR count). The number of aliphatic carboxylic acids is 1. The number of carboxylic acids is 1. The van der Waals surface area contributed by atoms with Crippen LogP contribution in [0.1, 0.15) is 11.1 Å². The second-order valence-corrected chi connectivity index (χ2v) is 6.17. The average Bonchev–Trinajstić information content (AvgIpc) is 2.71. The minimum absolute atomic E-state index is 0.342. The zero-order chi connectivity index (χ0) is 19.8. The predicted octanol–water partition coefficient (Wildman–Crippen LogP) is 5.12. The van der Waals surface area contributed by atoms with Gasteiger partial charge in [-0.3, -0.25) is 0 Å². The number of fused-ring (bicyclic) bond motifs is 1. The fourth-order valence-corrected chi connectivity index (χ4v) is 3.00. The van der Waals surface area contributed by atoms with Gasteiger partial charge in [-0.2, -0.15) is 0 Å². The minimum atomic E-state index is -0.999. The van der Waals surface area contributed by atoms with Gasteiger partial charge in [-0.1, -0.05) is 54.6 Å². The van der Waals surface area contributed by atoms with Gasteiger partial charge in [-0.05, 0) is 41.0 Å². The van der Waals surface area contributed by atoms with Crippen molar-refractivity contribution >= 4 is 22.8 Å². The summed E-state index contributed by atoms with van der Waals surface area (Å²) < 4.78 is 11.8. The third kappa shape index (κ3) is 4.80. The molecule has 3 aromatic carbocycles. The molecule has 28 heavy (non-hydrogen) atoms. The molecule has 0 saturated carbocycles. The monoisotopic (exact) mass is 374 g/mol. The molecule has 0 atom stereocenters. The first-order valence-electron chi connectivity index (χ1n) is 9.06. The molecule has 1 N–H and O–H groups in total. The Morgan fingerprint density at radius 2 is 1.64 bits per heavy atom. The van der Waals surface area contributed by atoms with Gasteiger partial charge < -0.3 is 14.6 Å². The van der Waals surface area contributed by atoms with E-state index in [9.17, 15) is 4.79 Å². The van der Waals surface area contributed by atoms with Gasteiger partial charge >= 0.3 is 5.97 Å². The summed E-state index contributed by atoms with van der Waals surface area (Å²) in [7, 11) is 0. The second-order valence-electron chi connectivity index (χ2n) is 6.17. The zero-order valence-electron chi connectivity index (χ0n) is 15.5. The molecule has 0 heterocycles. The summed E-state index contributed by atoms with van der Waals surface area (Å²) in [6, 6.07) is 19.5. The van der Waals surface area contributed by atoms with Crippen molar-refractivity contribution < 1.29 is 19.4 Å². The van der Waals surface area contributed by atoms with Crippen LogP contribution in [0, 0.1) is 0 Å². The molecule has 0 saturated heterocycles. The van der Waals surface area contributed by atoms with Crippen molar-refractivity contribution in [2.45, 2.75) is 6.42 Å². The van der Waals surface area contributed by atoms with Crippen molar-refractivity contribution in [2.24, 2.45) is 0 Å². The van der Waals surface area contributed by atoms with Gasteiger partial charge in [0.2, 0.25) is 0 Å². The van der Waals surface area contributed by atoms with Crippen LogP contribution in [0.25, 0.3) is 16.8 Å². The topological polar surface area (TPSA) is 55.8 Å². The smallest absolute Gasteiger partial charge is 0.328 e. The average molecular weight is 374 g/mol. The Hall–Kier alpha value is -3.53. The molecule has 0 aliphatic heterocycles. The lowest BCUT2D eigenvalue weighted by atomic mass is 10.0. The van der Waals surface area contributed by atoms with E-state index in [4.69, 9.17) is 14.6 Å². The lowest BCUT2D eigenvalue weighted by Gasteiger charge is -2.14. The highest BCUT2D eigenvalue weighted by Gasteiger charge is 2.08. The number of hydrogen-bond donors (Lipinski definition) is 1. The maximum absolute atomic E-state index is 11.0. The minimum Gasteiger partial charge on any atom is -0.490 e. The van der Waals surface area contributed by atoms with E-state index in [2.05, 4.69) is 6.58 Å². The molecule has 4 nitrogen and oxygen atoms in total. The molecule has 0 fully saturated rings. The van der Waals surface area contributed by atoms with E-state index in [-0.39, 0.29) is 0 Å². The first-order chi connectivity index (χ1) is 13.7. The van der Waals surface area contributed by atoms with Crippen molar-refractivity contribution in [3.8, 4) is 11.5 Å². The highest BCUT2D eigenvalue weighted by molar-refractivity contribution is 5.96. The van der Waals surface area contributed by atoms with Crippen LogP contribution in [0.5, 0.6) is 11.5 Å². The Kier molecular flexibility index (Phi) is 6.47. The van der Waals surface area contributed by atoms with Crippen LogP contribution >= 0.6 is 0 Å². The van der Waals surface area contributed by atoms with E-state index < -0.39 is 5.97 Å². The molecule has 0 spiro atoms. The van der Waals surface area contributed by atoms with Gasteiger partial charge in [0.1, 0.15) is 24.7 Å². The lowest BCUT2D eigenvalue weighted by Crippen LogP contribution is -2.10. The van der Waals surface area contributed by atoms with Crippen LogP contribution in [-0.4, -0.2) is 24.3 Å². The molecule has 0 radical (unpaired) electrons. The van der Waals surface area contributed by atoms with Gasteiger partial charge in [-0.15, -0.1) is 6.58 Å². The Balaban J connectivity index is 1.73. The van der Waals surface area contributed by atoms with E-state index in [1.54, 1.807) is 6.08 Å². The maximum Gasteiger partial charge on any atom is 0.328 e. The molecular formula is C24H22O4. The van der Waals surface area contributed by atoms with E-state index in [0.29, 0.717) is 19.0 Å². The SMILES string of the molecule is C=CCc1ccccc1OCCOc1ccc2ccccc2c1C=CC(=O)O. The zero-order valence-corrected chi connectivity index (χ0v) is 15.5. The van der Waals surface area contributed by atoms with E-state index >= 15 is 0 Å². The molecule has 0 aliphatic rings. The molecule has 0 aliphatic carbocycles. The van der Waals surface area contributed by atoms with Gasteiger partial charge in [0, 0.05) is 11.6 Å². The van der Waals surface area contributed by atoms with E-state index in [1.807, 2.05) is 66.7 Å². The Morgan fingerprint density at radius 1 is 0.929 bits per heavy atom. The highest BCUT2D eigenvalue weighted by atomic mass is 16.5. The quantitative estimate of drug-likeness (QED) is 0.321. The van der Waals surface area contributed by atoms with Crippen LogP contribution < -0.4 is 9.47 Å². The number of carboxylic acid groups (broad SMARTS) is 1. The molecule has 0 unspecified atom stereocenters. The number of para-hydroxylation sites is 1.